The molecule has 0 radical (unpaired) electrons. The van der Waals surface area contributed by atoms with E-state index in [9.17, 15) is 0 Å². The molecule has 1 saturated heterocycles. The lowest BCUT2D eigenvalue weighted by atomic mass is 9.97. The molecule has 1 heterocycles. The number of methoxy groups -OCH3 is 1. The van der Waals surface area contributed by atoms with E-state index in [1.165, 1.54) is 31.5 Å². The Balaban J connectivity index is 1.75. The Morgan fingerprint density at radius 1 is 1.45 bits per heavy atom. The molecule has 1 atom stereocenters. The molecule has 0 saturated carbocycles. The minimum absolute atomic E-state index is 0.750. The third-order valence-corrected chi connectivity index (χ3v) is 4.05. The maximum atomic E-state index is 6.05. The minimum atomic E-state index is 0.750. The summed E-state index contributed by atoms with van der Waals surface area (Å²) in [7, 11) is 1.75. The molecule has 1 aromatic rings. The molecule has 1 aromatic carbocycles. The molecular formula is C16H25ClN2O. The second-order valence-electron chi connectivity index (χ2n) is 5.57. The number of benzene rings is 1. The lowest BCUT2D eigenvalue weighted by Gasteiger charge is -2.33. The van der Waals surface area contributed by atoms with Gasteiger partial charge >= 0.3 is 0 Å². The maximum absolute atomic E-state index is 6.05. The summed E-state index contributed by atoms with van der Waals surface area (Å²) in [5, 5.41) is 4.31. The number of nitrogens with one attached hydrogen (secondary N) is 1. The summed E-state index contributed by atoms with van der Waals surface area (Å²) in [4.78, 5) is 2.54. The molecule has 1 unspecified atom stereocenters. The normalized spacial score (nSPS) is 20.2. The summed E-state index contributed by atoms with van der Waals surface area (Å²) in [5.41, 5.74) is 1.31. The third kappa shape index (κ3) is 5.41. The highest BCUT2D eigenvalue weighted by Gasteiger charge is 2.19. The van der Waals surface area contributed by atoms with E-state index >= 15 is 0 Å². The van der Waals surface area contributed by atoms with Gasteiger partial charge in [-0.25, -0.2) is 0 Å². The first kappa shape index (κ1) is 15.8. The lowest BCUT2D eigenvalue weighted by molar-refractivity contribution is 0.159. The van der Waals surface area contributed by atoms with Crippen LogP contribution in [0.1, 0.15) is 18.4 Å². The summed E-state index contributed by atoms with van der Waals surface area (Å²) in [5.74, 6) is 0.750. The molecule has 0 aliphatic carbocycles. The van der Waals surface area contributed by atoms with Gasteiger partial charge in [-0.05, 0) is 49.5 Å². The number of likely N-dealkylation sites (tertiary alicyclic amines) is 1. The van der Waals surface area contributed by atoms with Gasteiger partial charge in [0.25, 0.3) is 0 Å². The highest BCUT2D eigenvalue weighted by molar-refractivity contribution is 6.30. The summed E-state index contributed by atoms with van der Waals surface area (Å²) < 4.78 is 5.06. The highest BCUT2D eigenvalue weighted by Crippen LogP contribution is 2.19. The van der Waals surface area contributed by atoms with E-state index in [1.54, 1.807) is 7.11 Å². The largest absolute Gasteiger partial charge is 0.383 e. The molecular weight excluding hydrogens is 272 g/mol. The van der Waals surface area contributed by atoms with Crippen molar-refractivity contribution >= 4 is 11.6 Å². The smallest absolute Gasteiger partial charge is 0.0587 e. The fourth-order valence-corrected chi connectivity index (χ4v) is 3.05. The topological polar surface area (TPSA) is 24.5 Å². The zero-order valence-corrected chi connectivity index (χ0v) is 13.0. The number of nitrogens with zero attached hydrogens (tertiary/aromatic N) is 1. The number of ether oxygens (including phenoxy) is 1. The molecule has 112 valence electrons. The first-order valence-corrected chi connectivity index (χ1v) is 7.82. The van der Waals surface area contributed by atoms with Gasteiger partial charge in [-0.2, -0.15) is 0 Å². The Morgan fingerprint density at radius 2 is 2.35 bits per heavy atom. The number of piperidine rings is 1. The second kappa shape index (κ2) is 8.63. The van der Waals surface area contributed by atoms with Gasteiger partial charge in [-0.15, -0.1) is 0 Å². The molecule has 1 N–H and O–H groups in total. The number of hydrogen-bond acceptors (Lipinski definition) is 3. The molecule has 1 aliphatic rings. The van der Waals surface area contributed by atoms with E-state index in [4.69, 9.17) is 16.3 Å². The summed E-state index contributed by atoms with van der Waals surface area (Å²) in [6.07, 6.45) is 2.61. The number of hydrogen-bond donors (Lipinski definition) is 1. The third-order valence-electron chi connectivity index (χ3n) is 3.81. The zero-order chi connectivity index (χ0) is 14.2. The van der Waals surface area contributed by atoms with Crippen LogP contribution in [-0.4, -0.2) is 44.8 Å². The fraction of sp³-hybridized carbons (Fsp3) is 0.625. The fourth-order valence-electron chi connectivity index (χ4n) is 2.84. The Kier molecular flexibility index (Phi) is 6.80. The molecule has 1 fully saturated rings. The predicted molar refractivity (Wildman–Crippen MR) is 84.2 cm³/mol. The standard InChI is InChI=1S/C16H25ClN2O/c1-20-9-7-18-11-15-5-3-8-19(13-15)12-14-4-2-6-16(17)10-14/h2,4,6,10,15,18H,3,5,7-9,11-13H2,1H3. The van der Waals surface area contributed by atoms with Gasteiger partial charge in [0.05, 0.1) is 6.61 Å². The Morgan fingerprint density at radius 3 is 3.15 bits per heavy atom. The van der Waals surface area contributed by atoms with Crippen LogP contribution in [0.15, 0.2) is 24.3 Å². The van der Waals surface area contributed by atoms with E-state index in [2.05, 4.69) is 22.3 Å². The van der Waals surface area contributed by atoms with Crippen LogP contribution >= 0.6 is 11.6 Å². The van der Waals surface area contributed by atoms with Crippen LogP contribution in [0, 0.1) is 5.92 Å². The molecule has 3 nitrogen and oxygen atoms in total. The lowest BCUT2D eigenvalue weighted by Crippen LogP contribution is -2.39. The number of rotatable bonds is 7. The van der Waals surface area contributed by atoms with Crippen LogP contribution in [0.25, 0.3) is 0 Å². The first-order valence-electron chi connectivity index (χ1n) is 7.44. The van der Waals surface area contributed by atoms with Gasteiger partial charge < -0.3 is 10.1 Å². The Bertz CT molecular complexity index is 400. The molecule has 4 heteroatoms. The van der Waals surface area contributed by atoms with Crippen molar-refractivity contribution in [3.8, 4) is 0 Å². The Labute approximate surface area is 127 Å². The summed E-state index contributed by atoms with van der Waals surface area (Å²) in [6, 6.07) is 8.20. The highest BCUT2D eigenvalue weighted by atomic mass is 35.5. The SMILES string of the molecule is COCCNCC1CCCN(Cc2cccc(Cl)c2)C1. The molecule has 1 aliphatic heterocycles. The summed E-state index contributed by atoms with van der Waals surface area (Å²) >= 11 is 6.05. The van der Waals surface area contributed by atoms with Gasteiger partial charge in [0.15, 0.2) is 0 Å². The van der Waals surface area contributed by atoms with E-state index in [-0.39, 0.29) is 0 Å². The van der Waals surface area contributed by atoms with E-state index < -0.39 is 0 Å². The van der Waals surface area contributed by atoms with Gasteiger partial charge in [-0.3, -0.25) is 4.90 Å². The zero-order valence-electron chi connectivity index (χ0n) is 12.3. The van der Waals surface area contributed by atoms with Gasteiger partial charge in [-0.1, -0.05) is 23.7 Å². The van der Waals surface area contributed by atoms with Gasteiger partial charge in [0.1, 0.15) is 0 Å². The van der Waals surface area contributed by atoms with E-state index in [0.717, 1.165) is 37.2 Å². The average molecular weight is 297 g/mol. The Hall–Kier alpha value is -0.610. The van der Waals surface area contributed by atoms with Gasteiger partial charge in [0, 0.05) is 31.8 Å². The molecule has 2 rings (SSSR count). The van der Waals surface area contributed by atoms with Gasteiger partial charge in [0.2, 0.25) is 0 Å². The maximum Gasteiger partial charge on any atom is 0.0587 e. The van der Waals surface area contributed by atoms with Crippen molar-refractivity contribution < 1.29 is 4.74 Å². The molecule has 0 aromatic heterocycles. The van der Waals surface area contributed by atoms with Crippen molar-refractivity contribution in [1.29, 1.82) is 0 Å². The van der Waals surface area contributed by atoms with Crippen LogP contribution in [0.2, 0.25) is 5.02 Å². The minimum Gasteiger partial charge on any atom is -0.383 e. The van der Waals surface area contributed by atoms with Crippen LogP contribution in [0.3, 0.4) is 0 Å². The van der Waals surface area contributed by atoms with Crippen molar-refractivity contribution in [3.05, 3.63) is 34.9 Å². The van der Waals surface area contributed by atoms with Crippen LogP contribution in [-0.2, 0) is 11.3 Å². The monoisotopic (exact) mass is 296 g/mol. The van der Waals surface area contributed by atoms with E-state index in [0.29, 0.717) is 0 Å². The molecule has 0 amide bonds. The van der Waals surface area contributed by atoms with Crippen molar-refractivity contribution in [1.82, 2.24) is 10.2 Å². The molecule has 0 bridgehead atoms. The van der Waals surface area contributed by atoms with Crippen molar-refractivity contribution in [2.75, 3.05) is 39.9 Å². The van der Waals surface area contributed by atoms with E-state index in [1.807, 2.05) is 12.1 Å². The number of halogens is 1. The molecule has 20 heavy (non-hydrogen) atoms. The predicted octanol–water partition coefficient (Wildman–Crippen LogP) is 2.79. The van der Waals surface area contributed by atoms with Crippen molar-refractivity contribution in [2.24, 2.45) is 5.92 Å². The van der Waals surface area contributed by atoms with Crippen molar-refractivity contribution in [2.45, 2.75) is 19.4 Å². The van der Waals surface area contributed by atoms with Crippen molar-refractivity contribution in [3.63, 3.8) is 0 Å². The van der Waals surface area contributed by atoms with Crippen LogP contribution < -0.4 is 5.32 Å². The molecule has 0 spiro atoms. The van der Waals surface area contributed by atoms with Crippen LogP contribution in [0.4, 0.5) is 0 Å². The first-order chi connectivity index (χ1) is 9.78. The summed E-state index contributed by atoms with van der Waals surface area (Å²) in [6.45, 7) is 6.21. The van der Waals surface area contributed by atoms with Crippen LogP contribution in [0.5, 0.6) is 0 Å². The average Bonchev–Trinajstić information content (AvgIpc) is 2.44. The quantitative estimate of drug-likeness (QED) is 0.783. The second-order valence-corrected chi connectivity index (χ2v) is 6.01.